The summed E-state index contributed by atoms with van der Waals surface area (Å²) in [6, 6.07) is 7.43. The number of ether oxygens (including phenoxy) is 1. The number of esters is 1. The maximum absolute atomic E-state index is 11.7. The molecule has 17 heavy (non-hydrogen) atoms. The Hall–Kier alpha value is -0.910. The molecular formula is C13H15IO3. The summed E-state index contributed by atoms with van der Waals surface area (Å²) in [5.41, 5.74) is 0.703. The zero-order valence-electron chi connectivity index (χ0n) is 9.74. The first-order chi connectivity index (χ1) is 8.13. The SMILES string of the molecule is CCOC(=O)CCCC(=O)c1ccc(I)cc1. The lowest BCUT2D eigenvalue weighted by Crippen LogP contribution is -2.05. The molecule has 0 aliphatic carbocycles. The molecule has 0 spiro atoms. The van der Waals surface area contributed by atoms with E-state index in [0.29, 0.717) is 31.4 Å². The van der Waals surface area contributed by atoms with E-state index in [9.17, 15) is 9.59 Å². The molecule has 92 valence electrons. The summed E-state index contributed by atoms with van der Waals surface area (Å²) in [6.07, 6.45) is 1.24. The maximum Gasteiger partial charge on any atom is 0.305 e. The van der Waals surface area contributed by atoms with Gasteiger partial charge in [-0.15, -0.1) is 0 Å². The first-order valence-corrected chi connectivity index (χ1v) is 6.65. The zero-order chi connectivity index (χ0) is 12.7. The molecule has 0 unspecified atom stereocenters. The number of carbonyl (C=O) groups is 2. The van der Waals surface area contributed by atoms with Crippen LogP contribution in [-0.2, 0) is 9.53 Å². The Morgan fingerprint density at radius 3 is 2.41 bits per heavy atom. The average molecular weight is 346 g/mol. The van der Waals surface area contributed by atoms with Crippen LogP contribution in [0.1, 0.15) is 36.5 Å². The Kier molecular flexibility index (Phi) is 6.18. The van der Waals surface area contributed by atoms with E-state index in [0.717, 1.165) is 3.57 Å². The highest BCUT2D eigenvalue weighted by molar-refractivity contribution is 14.1. The third kappa shape index (κ3) is 5.30. The van der Waals surface area contributed by atoms with Gasteiger partial charge in [0.25, 0.3) is 0 Å². The molecule has 0 saturated heterocycles. The van der Waals surface area contributed by atoms with Crippen LogP contribution in [0.15, 0.2) is 24.3 Å². The first-order valence-electron chi connectivity index (χ1n) is 5.58. The molecule has 0 amide bonds. The number of ketones is 1. The monoisotopic (exact) mass is 346 g/mol. The summed E-state index contributed by atoms with van der Waals surface area (Å²) in [6.45, 7) is 2.17. The standard InChI is InChI=1S/C13H15IO3/c1-2-17-13(16)5-3-4-12(15)10-6-8-11(14)9-7-10/h6-9H,2-5H2,1H3. The summed E-state index contributed by atoms with van der Waals surface area (Å²) in [4.78, 5) is 22.8. The molecular weight excluding hydrogens is 331 g/mol. The van der Waals surface area contributed by atoms with Crippen molar-refractivity contribution in [2.75, 3.05) is 6.61 Å². The minimum atomic E-state index is -0.233. The fourth-order valence-electron chi connectivity index (χ4n) is 1.41. The Balaban J connectivity index is 2.35. The molecule has 4 heteroatoms. The van der Waals surface area contributed by atoms with Crippen molar-refractivity contribution in [3.8, 4) is 0 Å². The number of halogens is 1. The second kappa shape index (κ2) is 7.42. The largest absolute Gasteiger partial charge is 0.466 e. The molecule has 0 atom stereocenters. The van der Waals surface area contributed by atoms with Crippen LogP contribution in [0.3, 0.4) is 0 Å². The van der Waals surface area contributed by atoms with Gasteiger partial charge in [-0.05, 0) is 48.1 Å². The maximum atomic E-state index is 11.7. The van der Waals surface area contributed by atoms with E-state index in [1.54, 1.807) is 6.92 Å². The molecule has 0 saturated carbocycles. The number of hydrogen-bond acceptors (Lipinski definition) is 3. The smallest absolute Gasteiger partial charge is 0.305 e. The molecule has 0 aliphatic heterocycles. The fourth-order valence-corrected chi connectivity index (χ4v) is 1.77. The van der Waals surface area contributed by atoms with E-state index < -0.39 is 0 Å². The van der Waals surface area contributed by atoms with Crippen LogP contribution in [0.5, 0.6) is 0 Å². The van der Waals surface area contributed by atoms with Crippen molar-refractivity contribution in [3.05, 3.63) is 33.4 Å². The predicted octanol–water partition coefficient (Wildman–Crippen LogP) is 3.21. The van der Waals surface area contributed by atoms with Gasteiger partial charge in [-0.3, -0.25) is 9.59 Å². The van der Waals surface area contributed by atoms with Crippen LogP contribution in [0.25, 0.3) is 0 Å². The molecule has 0 heterocycles. The van der Waals surface area contributed by atoms with Crippen molar-refractivity contribution in [1.82, 2.24) is 0 Å². The minimum Gasteiger partial charge on any atom is -0.466 e. The molecule has 0 bridgehead atoms. The lowest BCUT2D eigenvalue weighted by Gasteiger charge is -2.02. The number of hydrogen-bond donors (Lipinski definition) is 0. The minimum absolute atomic E-state index is 0.0747. The third-order valence-electron chi connectivity index (χ3n) is 2.26. The van der Waals surface area contributed by atoms with Crippen molar-refractivity contribution in [2.45, 2.75) is 26.2 Å². The number of carbonyl (C=O) groups excluding carboxylic acids is 2. The van der Waals surface area contributed by atoms with Crippen molar-refractivity contribution in [1.29, 1.82) is 0 Å². The Morgan fingerprint density at radius 2 is 1.82 bits per heavy atom. The van der Waals surface area contributed by atoms with Crippen LogP contribution >= 0.6 is 22.6 Å². The van der Waals surface area contributed by atoms with Crippen molar-refractivity contribution < 1.29 is 14.3 Å². The van der Waals surface area contributed by atoms with Gasteiger partial charge < -0.3 is 4.74 Å². The first kappa shape index (κ1) is 14.2. The van der Waals surface area contributed by atoms with Gasteiger partial charge in [0.15, 0.2) is 5.78 Å². The summed E-state index contributed by atoms with van der Waals surface area (Å²) < 4.78 is 5.90. The Labute approximate surface area is 115 Å². The highest BCUT2D eigenvalue weighted by atomic mass is 127. The number of benzene rings is 1. The van der Waals surface area contributed by atoms with Gasteiger partial charge in [0.05, 0.1) is 6.61 Å². The van der Waals surface area contributed by atoms with Crippen molar-refractivity contribution in [2.24, 2.45) is 0 Å². The van der Waals surface area contributed by atoms with E-state index >= 15 is 0 Å². The molecule has 0 fully saturated rings. The highest BCUT2D eigenvalue weighted by Gasteiger charge is 2.07. The predicted molar refractivity (Wildman–Crippen MR) is 74.0 cm³/mol. The molecule has 0 aromatic heterocycles. The van der Waals surface area contributed by atoms with Gasteiger partial charge in [-0.25, -0.2) is 0 Å². The highest BCUT2D eigenvalue weighted by Crippen LogP contribution is 2.10. The van der Waals surface area contributed by atoms with Crippen molar-refractivity contribution >= 4 is 34.3 Å². The molecule has 0 radical (unpaired) electrons. The van der Waals surface area contributed by atoms with Gasteiger partial charge in [0.1, 0.15) is 0 Å². The number of Topliss-reactive ketones (excluding diaryl/α,β-unsaturated/α-hetero) is 1. The van der Waals surface area contributed by atoms with E-state index in [4.69, 9.17) is 4.74 Å². The van der Waals surface area contributed by atoms with E-state index in [2.05, 4.69) is 22.6 Å². The van der Waals surface area contributed by atoms with Gasteiger partial charge in [0, 0.05) is 22.0 Å². The van der Waals surface area contributed by atoms with Crippen molar-refractivity contribution in [3.63, 3.8) is 0 Å². The normalized spacial score (nSPS) is 10.0. The quantitative estimate of drug-likeness (QED) is 0.451. The lowest BCUT2D eigenvalue weighted by molar-refractivity contribution is -0.143. The fraction of sp³-hybridized carbons (Fsp3) is 0.385. The van der Waals surface area contributed by atoms with Gasteiger partial charge in [0.2, 0.25) is 0 Å². The Bertz CT molecular complexity index is 384. The topological polar surface area (TPSA) is 43.4 Å². The third-order valence-corrected chi connectivity index (χ3v) is 2.98. The lowest BCUT2D eigenvalue weighted by atomic mass is 10.1. The second-order valence-corrected chi connectivity index (χ2v) is 4.83. The molecule has 3 nitrogen and oxygen atoms in total. The summed E-state index contributed by atoms with van der Waals surface area (Å²) in [5.74, 6) is -0.159. The van der Waals surface area contributed by atoms with Gasteiger partial charge >= 0.3 is 5.97 Å². The molecule has 1 aromatic carbocycles. The van der Waals surface area contributed by atoms with Gasteiger partial charge in [-0.1, -0.05) is 12.1 Å². The zero-order valence-corrected chi connectivity index (χ0v) is 11.9. The van der Waals surface area contributed by atoms with Crippen LogP contribution in [0, 0.1) is 3.57 Å². The van der Waals surface area contributed by atoms with Crippen LogP contribution in [-0.4, -0.2) is 18.4 Å². The molecule has 0 aliphatic rings. The van der Waals surface area contributed by atoms with E-state index in [-0.39, 0.29) is 11.8 Å². The summed E-state index contributed by atoms with van der Waals surface area (Å²) in [5, 5.41) is 0. The van der Waals surface area contributed by atoms with Crippen LogP contribution in [0.4, 0.5) is 0 Å². The molecule has 1 rings (SSSR count). The second-order valence-electron chi connectivity index (χ2n) is 3.59. The summed E-state index contributed by atoms with van der Waals surface area (Å²) in [7, 11) is 0. The van der Waals surface area contributed by atoms with E-state index in [1.807, 2.05) is 24.3 Å². The molecule has 1 aromatic rings. The van der Waals surface area contributed by atoms with Crippen LogP contribution < -0.4 is 0 Å². The van der Waals surface area contributed by atoms with Crippen LogP contribution in [0.2, 0.25) is 0 Å². The Morgan fingerprint density at radius 1 is 1.18 bits per heavy atom. The number of rotatable bonds is 6. The average Bonchev–Trinajstić information content (AvgIpc) is 2.30. The summed E-state index contributed by atoms with van der Waals surface area (Å²) >= 11 is 2.19. The van der Waals surface area contributed by atoms with Gasteiger partial charge in [-0.2, -0.15) is 0 Å². The van der Waals surface area contributed by atoms with E-state index in [1.165, 1.54) is 0 Å². The molecule has 0 N–H and O–H groups in total.